The van der Waals surface area contributed by atoms with E-state index in [4.69, 9.17) is 4.43 Å². The topological polar surface area (TPSA) is 126 Å². The van der Waals surface area contributed by atoms with Crippen LogP contribution in [0, 0.1) is 11.6 Å². The first kappa shape index (κ1) is 41.0. The molecule has 2 saturated heterocycles. The minimum atomic E-state index is -1.91. The Labute approximate surface area is 323 Å². The van der Waals surface area contributed by atoms with Gasteiger partial charge in [0.2, 0.25) is 11.8 Å². The second kappa shape index (κ2) is 18.5. The highest BCUT2D eigenvalue weighted by atomic mass is 28.4. The molecule has 3 N–H and O–H groups in total. The van der Waals surface area contributed by atoms with Crippen molar-refractivity contribution in [3.8, 4) is 11.5 Å². The lowest BCUT2D eigenvalue weighted by molar-refractivity contribution is -0.118. The molecule has 12 nitrogen and oxygen atoms in total. The van der Waals surface area contributed by atoms with E-state index in [9.17, 15) is 23.5 Å². The normalized spacial score (nSPS) is 15.5. The Hall–Kier alpha value is -5.12. The van der Waals surface area contributed by atoms with E-state index in [1.165, 1.54) is 36.5 Å². The van der Waals surface area contributed by atoms with Crippen molar-refractivity contribution in [3.63, 3.8) is 0 Å². The maximum absolute atomic E-state index is 13.1. The largest absolute Gasteiger partial charge is 0.542 e. The van der Waals surface area contributed by atoms with Crippen molar-refractivity contribution >= 4 is 43.1 Å². The number of halogens is 2. The van der Waals surface area contributed by atoms with Crippen LogP contribution in [-0.4, -0.2) is 110 Å². The molecule has 0 atom stereocenters. The third-order valence-electron chi connectivity index (χ3n) is 10.1. The molecule has 4 aromatic rings. The molecule has 0 radical (unpaired) electrons. The number of hydrogen-bond donors (Lipinski definition) is 3. The second-order valence-electron chi connectivity index (χ2n) is 15.2. The Bertz CT molecular complexity index is 1830. The zero-order valence-corrected chi connectivity index (χ0v) is 33.3. The lowest BCUT2D eigenvalue weighted by atomic mass is 10.2. The van der Waals surface area contributed by atoms with Crippen molar-refractivity contribution in [1.29, 1.82) is 0 Å². The summed E-state index contributed by atoms with van der Waals surface area (Å²) in [5, 5.41) is 14.9. The van der Waals surface area contributed by atoms with E-state index in [0.717, 1.165) is 69.5 Å². The number of aromatic nitrogens is 2. The number of hydrogen-bond acceptors (Lipinski definition) is 10. The number of piperazine rings is 2. The zero-order chi connectivity index (χ0) is 39.6. The quantitative estimate of drug-likeness (QED) is 0.164. The number of nitrogens with zero attached hydrogens (tertiary/aromatic N) is 6. The van der Waals surface area contributed by atoms with Crippen molar-refractivity contribution in [2.24, 2.45) is 0 Å². The van der Waals surface area contributed by atoms with Crippen molar-refractivity contribution in [2.75, 3.05) is 85.9 Å². The lowest BCUT2D eigenvalue weighted by Crippen LogP contribution is -2.48. The van der Waals surface area contributed by atoms with Gasteiger partial charge in [0.1, 0.15) is 34.8 Å². The highest BCUT2D eigenvalue weighted by Crippen LogP contribution is 2.37. The van der Waals surface area contributed by atoms with Crippen LogP contribution in [0.1, 0.15) is 20.8 Å². The molecule has 2 amide bonds. The molecule has 0 aliphatic carbocycles. The minimum Gasteiger partial charge on any atom is -0.542 e. The van der Waals surface area contributed by atoms with Gasteiger partial charge < -0.3 is 30.0 Å². The van der Waals surface area contributed by atoms with Crippen LogP contribution in [0.2, 0.25) is 18.1 Å². The fourth-order valence-corrected chi connectivity index (χ4v) is 6.84. The Kier molecular flexibility index (Phi) is 13.8. The average Bonchev–Trinajstić information content (AvgIpc) is 3.14. The summed E-state index contributed by atoms with van der Waals surface area (Å²) in [6.45, 7) is 17.8. The molecule has 2 aromatic carbocycles. The molecule has 294 valence electrons. The van der Waals surface area contributed by atoms with Gasteiger partial charge in [-0.3, -0.25) is 19.4 Å². The molecule has 2 aliphatic heterocycles. The number of rotatable bonds is 10. The van der Waals surface area contributed by atoms with Crippen LogP contribution in [0.15, 0.2) is 85.2 Å². The van der Waals surface area contributed by atoms with E-state index >= 15 is 0 Å². The Morgan fingerprint density at radius 1 is 0.673 bits per heavy atom. The summed E-state index contributed by atoms with van der Waals surface area (Å²) in [5.74, 6) is 1.06. The fraction of sp³-hybridized carbons (Fsp3) is 0.400. The minimum absolute atomic E-state index is 0.0601. The maximum atomic E-state index is 13.1. The standard InChI is InChI=1S/C23H33FN4O2Si.C17H19FN4O2/c1-23(2,3)31(4,5)30-20-10-11-21(25-16-20)26-22(29)17-27-12-14-28(15-13-27)19-8-6-18(24)7-9-19;18-13-1-3-14(4-2-13)22-9-7-21(8-10-22)12-17(24)20-16-6-5-15(23)11-19-16/h6-11,16H,12-15,17H2,1-5H3,(H,25,26,29);1-6,11,23H,7-10,12H2,(H,19,20,24). The number of nitrogens with one attached hydrogen (secondary N) is 2. The molecule has 2 aromatic heterocycles. The number of carbonyl (C=O) groups is 2. The number of amides is 2. The molecule has 2 fully saturated rings. The predicted molar refractivity (Wildman–Crippen MR) is 215 cm³/mol. The van der Waals surface area contributed by atoms with Gasteiger partial charge in [0.15, 0.2) is 0 Å². The molecule has 0 spiro atoms. The number of pyridine rings is 2. The number of aromatic hydroxyl groups is 1. The second-order valence-corrected chi connectivity index (χ2v) is 19.9. The summed E-state index contributed by atoms with van der Waals surface area (Å²) >= 11 is 0. The van der Waals surface area contributed by atoms with Gasteiger partial charge >= 0.3 is 0 Å². The van der Waals surface area contributed by atoms with E-state index in [1.807, 2.05) is 6.07 Å². The molecule has 55 heavy (non-hydrogen) atoms. The predicted octanol–water partition coefficient (Wildman–Crippen LogP) is 6.05. The Balaban J connectivity index is 0.000000218. The molecule has 15 heteroatoms. The van der Waals surface area contributed by atoms with Crippen LogP contribution in [-0.2, 0) is 9.59 Å². The third-order valence-corrected chi connectivity index (χ3v) is 14.4. The van der Waals surface area contributed by atoms with Crippen LogP contribution in [0.4, 0.5) is 31.8 Å². The molecular weight excluding hydrogens is 723 g/mol. The van der Waals surface area contributed by atoms with Crippen molar-refractivity contribution in [2.45, 2.75) is 38.9 Å². The van der Waals surface area contributed by atoms with E-state index in [-0.39, 0.29) is 34.2 Å². The molecule has 0 bridgehead atoms. The summed E-state index contributed by atoms with van der Waals surface area (Å²) in [4.78, 5) is 41.3. The van der Waals surface area contributed by atoms with Gasteiger partial charge in [-0.25, -0.2) is 18.7 Å². The van der Waals surface area contributed by atoms with Crippen LogP contribution in [0.5, 0.6) is 11.5 Å². The number of benzene rings is 2. The van der Waals surface area contributed by atoms with Crippen LogP contribution < -0.4 is 24.9 Å². The van der Waals surface area contributed by atoms with Gasteiger partial charge in [0, 0.05) is 63.7 Å². The van der Waals surface area contributed by atoms with Gasteiger partial charge in [-0.1, -0.05) is 20.8 Å². The Morgan fingerprint density at radius 3 is 1.45 bits per heavy atom. The SMILES string of the molecule is CC(C)(C)[Si](C)(C)Oc1ccc(NC(=O)CN2CCN(c3ccc(F)cc3)CC2)nc1.O=C(CN1CCN(c2ccc(F)cc2)CC1)Nc1ccc(O)cn1. The summed E-state index contributed by atoms with van der Waals surface area (Å²) in [7, 11) is -1.91. The van der Waals surface area contributed by atoms with Crippen molar-refractivity contribution < 1.29 is 27.9 Å². The monoisotopic (exact) mass is 774 g/mol. The van der Waals surface area contributed by atoms with Crippen molar-refractivity contribution in [1.82, 2.24) is 19.8 Å². The number of anilines is 4. The van der Waals surface area contributed by atoms with Gasteiger partial charge in [-0.05, 0) is 90.9 Å². The van der Waals surface area contributed by atoms with Crippen LogP contribution in [0.3, 0.4) is 0 Å². The molecule has 2 aliphatic rings. The number of carbonyl (C=O) groups excluding carboxylic acids is 2. The molecule has 0 unspecified atom stereocenters. The highest BCUT2D eigenvalue weighted by Gasteiger charge is 2.39. The molecule has 4 heterocycles. The first-order valence-corrected chi connectivity index (χ1v) is 21.4. The molecule has 6 rings (SSSR count). The van der Waals surface area contributed by atoms with E-state index < -0.39 is 8.32 Å². The molecular formula is C40H52F2N8O4Si. The highest BCUT2D eigenvalue weighted by molar-refractivity contribution is 6.74. The van der Waals surface area contributed by atoms with E-state index in [0.29, 0.717) is 24.7 Å². The summed E-state index contributed by atoms with van der Waals surface area (Å²) < 4.78 is 32.3. The van der Waals surface area contributed by atoms with Gasteiger partial charge in [0.25, 0.3) is 8.32 Å². The third kappa shape index (κ3) is 12.5. The van der Waals surface area contributed by atoms with Crippen LogP contribution in [0.25, 0.3) is 0 Å². The average molecular weight is 775 g/mol. The molecule has 0 saturated carbocycles. The lowest BCUT2D eigenvalue weighted by Gasteiger charge is -2.36. The Morgan fingerprint density at radius 2 is 1.09 bits per heavy atom. The van der Waals surface area contributed by atoms with Crippen molar-refractivity contribution in [3.05, 3.63) is 96.8 Å². The summed E-state index contributed by atoms with van der Waals surface area (Å²) in [6.07, 6.45) is 2.97. The first-order valence-electron chi connectivity index (χ1n) is 18.5. The van der Waals surface area contributed by atoms with Gasteiger partial charge in [-0.15, -0.1) is 0 Å². The zero-order valence-electron chi connectivity index (χ0n) is 32.3. The van der Waals surface area contributed by atoms with Crippen LogP contribution >= 0.6 is 0 Å². The van der Waals surface area contributed by atoms with Gasteiger partial charge in [0.05, 0.1) is 25.5 Å². The first-order chi connectivity index (χ1) is 26.1. The smallest absolute Gasteiger partial charge is 0.250 e. The maximum Gasteiger partial charge on any atom is 0.250 e. The summed E-state index contributed by atoms with van der Waals surface area (Å²) in [6, 6.07) is 19.7. The summed E-state index contributed by atoms with van der Waals surface area (Å²) in [5.41, 5.74) is 2.00. The van der Waals surface area contributed by atoms with E-state index in [1.54, 1.807) is 42.6 Å². The van der Waals surface area contributed by atoms with Gasteiger partial charge in [-0.2, -0.15) is 0 Å². The fourth-order valence-electron chi connectivity index (χ4n) is 5.83. The van der Waals surface area contributed by atoms with E-state index in [2.05, 4.69) is 74.1 Å².